The van der Waals surface area contributed by atoms with Gasteiger partial charge in [0, 0.05) is 30.2 Å². The lowest BCUT2D eigenvalue weighted by Gasteiger charge is -2.04. The van der Waals surface area contributed by atoms with Gasteiger partial charge in [-0.15, -0.1) is 11.3 Å². The Morgan fingerprint density at radius 2 is 2.14 bits per heavy atom. The molecular weight excluding hydrogens is 292 g/mol. The standard InChI is InChI=1S/C18H22N2OS/c1-12(2)18-20-14(11-22-18)8-9-19-17(21)16-10-15(16)13-6-4-3-5-7-13/h3-7,11-12,15-16H,8-10H2,1-2H3,(H,19,21)/t15-,16+/m1/s1. The minimum atomic E-state index is 0.157. The van der Waals surface area contributed by atoms with E-state index < -0.39 is 0 Å². The highest BCUT2D eigenvalue weighted by molar-refractivity contribution is 7.09. The summed E-state index contributed by atoms with van der Waals surface area (Å²) in [6.07, 6.45) is 1.79. The fourth-order valence-corrected chi connectivity index (χ4v) is 3.57. The lowest BCUT2D eigenvalue weighted by atomic mass is 10.1. The Bertz CT molecular complexity index is 636. The molecule has 1 heterocycles. The number of nitrogens with zero attached hydrogens (tertiary/aromatic N) is 1. The zero-order valence-electron chi connectivity index (χ0n) is 13.1. The average molecular weight is 314 g/mol. The second kappa shape index (κ2) is 6.61. The number of aromatic nitrogens is 1. The number of thiazole rings is 1. The summed E-state index contributed by atoms with van der Waals surface area (Å²) in [4.78, 5) is 16.8. The van der Waals surface area contributed by atoms with E-state index in [0.29, 0.717) is 18.4 Å². The molecule has 0 bridgehead atoms. The molecule has 3 nitrogen and oxygen atoms in total. The first-order valence-corrected chi connectivity index (χ1v) is 8.80. The van der Waals surface area contributed by atoms with Crippen molar-refractivity contribution < 1.29 is 4.79 Å². The summed E-state index contributed by atoms with van der Waals surface area (Å²) in [5.41, 5.74) is 2.37. The summed E-state index contributed by atoms with van der Waals surface area (Å²) in [7, 11) is 0. The van der Waals surface area contributed by atoms with Gasteiger partial charge in [-0.25, -0.2) is 4.98 Å². The summed E-state index contributed by atoms with van der Waals surface area (Å²) < 4.78 is 0. The highest BCUT2D eigenvalue weighted by Gasteiger charge is 2.43. The second-order valence-electron chi connectivity index (χ2n) is 6.23. The van der Waals surface area contributed by atoms with Crippen LogP contribution in [0.1, 0.15) is 48.4 Å². The molecule has 1 aromatic heterocycles. The third kappa shape index (κ3) is 3.55. The maximum Gasteiger partial charge on any atom is 0.223 e. The minimum Gasteiger partial charge on any atom is -0.355 e. The predicted octanol–water partition coefficient (Wildman–Crippen LogP) is 3.73. The molecule has 2 atom stereocenters. The molecule has 1 fully saturated rings. The van der Waals surface area contributed by atoms with Crippen molar-refractivity contribution in [3.63, 3.8) is 0 Å². The lowest BCUT2D eigenvalue weighted by Crippen LogP contribution is -2.27. The quantitative estimate of drug-likeness (QED) is 0.883. The third-order valence-electron chi connectivity index (χ3n) is 4.10. The first kappa shape index (κ1) is 15.2. The molecule has 1 saturated carbocycles. The molecule has 1 aliphatic rings. The predicted molar refractivity (Wildman–Crippen MR) is 90.2 cm³/mol. The van der Waals surface area contributed by atoms with Gasteiger partial charge in [-0.2, -0.15) is 0 Å². The van der Waals surface area contributed by atoms with E-state index in [-0.39, 0.29) is 11.8 Å². The van der Waals surface area contributed by atoms with Crippen LogP contribution >= 0.6 is 11.3 Å². The molecule has 1 N–H and O–H groups in total. The molecule has 4 heteroatoms. The van der Waals surface area contributed by atoms with Crippen molar-refractivity contribution in [3.8, 4) is 0 Å². The van der Waals surface area contributed by atoms with Crippen LogP contribution in [-0.2, 0) is 11.2 Å². The van der Waals surface area contributed by atoms with Gasteiger partial charge in [0.2, 0.25) is 5.91 Å². The third-order valence-corrected chi connectivity index (χ3v) is 5.29. The van der Waals surface area contributed by atoms with E-state index in [9.17, 15) is 4.79 Å². The van der Waals surface area contributed by atoms with Crippen molar-refractivity contribution in [2.45, 2.75) is 38.5 Å². The highest BCUT2D eigenvalue weighted by Crippen LogP contribution is 2.47. The molecule has 1 aliphatic carbocycles. The van der Waals surface area contributed by atoms with Crippen LogP contribution < -0.4 is 5.32 Å². The Hall–Kier alpha value is -1.68. The molecule has 0 unspecified atom stereocenters. The zero-order valence-corrected chi connectivity index (χ0v) is 13.9. The first-order chi connectivity index (χ1) is 10.6. The van der Waals surface area contributed by atoms with Crippen LogP contribution in [0.5, 0.6) is 0 Å². The number of nitrogens with one attached hydrogen (secondary N) is 1. The van der Waals surface area contributed by atoms with E-state index in [2.05, 4.69) is 41.7 Å². The summed E-state index contributed by atoms with van der Waals surface area (Å²) in [5.74, 6) is 1.23. The largest absolute Gasteiger partial charge is 0.355 e. The summed E-state index contributed by atoms with van der Waals surface area (Å²) in [5, 5.41) is 6.33. The van der Waals surface area contributed by atoms with Crippen molar-refractivity contribution in [2.75, 3.05) is 6.54 Å². The van der Waals surface area contributed by atoms with E-state index in [1.54, 1.807) is 11.3 Å². The summed E-state index contributed by atoms with van der Waals surface area (Å²) in [6.45, 7) is 4.99. The molecule has 1 amide bonds. The van der Waals surface area contributed by atoms with Crippen molar-refractivity contribution in [3.05, 3.63) is 52.0 Å². The normalized spacial score (nSPS) is 20.1. The van der Waals surface area contributed by atoms with Gasteiger partial charge in [-0.05, 0) is 17.9 Å². The fraction of sp³-hybridized carbons (Fsp3) is 0.444. The van der Waals surface area contributed by atoms with E-state index in [0.717, 1.165) is 18.5 Å². The number of benzene rings is 1. The summed E-state index contributed by atoms with van der Waals surface area (Å²) >= 11 is 1.71. The molecule has 22 heavy (non-hydrogen) atoms. The molecule has 1 aromatic carbocycles. The van der Waals surface area contributed by atoms with Gasteiger partial charge in [0.1, 0.15) is 0 Å². The number of hydrogen-bond donors (Lipinski definition) is 1. The van der Waals surface area contributed by atoms with Crippen LogP contribution in [0.15, 0.2) is 35.7 Å². The van der Waals surface area contributed by atoms with Crippen molar-refractivity contribution >= 4 is 17.2 Å². The number of amides is 1. The zero-order chi connectivity index (χ0) is 15.5. The molecule has 0 spiro atoms. The minimum absolute atomic E-state index is 0.157. The van der Waals surface area contributed by atoms with Gasteiger partial charge in [-0.3, -0.25) is 4.79 Å². The molecule has 0 radical (unpaired) electrons. The van der Waals surface area contributed by atoms with Crippen molar-refractivity contribution in [2.24, 2.45) is 5.92 Å². The van der Waals surface area contributed by atoms with E-state index in [1.165, 1.54) is 10.6 Å². The molecule has 0 aliphatic heterocycles. The van der Waals surface area contributed by atoms with Crippen LogP contribution in [0, 0.1) is 5.92 Å². The first-order valence-electron chi connectivity index (χ1n) is 7.92. The second-order valence-corrected chi connectivity index (χ2v) is 7.12. The van der Waals surface area contributed by atoms with Crippen molar-refractivity contribution in [1.29, 1.82) is 0 Å². The molecule has 3 rings (SSSR count). The van der Waals surface area contributed by atoms with Crippen LogP contribution in [0.3, 0.4) is 0 Å². The Labute approximate surface area is 135 Å². The maximum absolute atomic E-state index is 12.2. The number of rotatable bonds is 6. The van der Waals surface area contributed by atoms with E-state index >= 15 is 0 Å². The molecule has 0 saturated heterocycles. The molecule has 2 aromatic rings. The van der Waals surface area contributed by atoms with Gasteiger partial charge >= 0.3 is 0 Å². The molecule has 116 valence electrons. The summed E-state index contributed by atoms with van der Waals surface area (Å²) in [6, 6.07) is 10.3. The fourth-order valence-electron chi connectivity index (χ4n) is 2.70. The van der Waals surface area contributed by atoms with Gasteiger partial charge in [0.15, 0.2) is 0 Å². The Morgan fingerprint density at radius 1 is 1.36 bits per heavy atom. The topological polar surface area (TPSA) is 42.0 Å². The van der Waals surface area contributed by atoms with Gasteiger partial charge in [0.25, 0.3) is 0 Å². The smallest absolute Gasteiger partial charge is 0.223 e. The Kier molecular flexibility index (Phi) is 4.57. The van der Waals surface area contributed by atoms with Crippen LogP contribution in [-0.4, -0.2) is 17.4 Å². The van der Waals surface area contributed by atoms with E-state index in [4.69, 9.17) is 0 Å². The van der Waals surface area contributed by atoms with Crippen LogP contribution in [0.25, 0.3) is 0 Å². The lowest BCUT2D eigenvalue weighted by molar-refractivity contribution is -0.122. The Morgan fingerprint density at radius 3 is 2.82 bits per heavy atom. The van der Waals surface area contributed by atoms with Gasteiger partial charge < -0.3 is 5.32 Å². The Balaban J connectivity index is 1.44. The highest BCUT2D eigenvalue weighted by atomic mass is 32.1. The van der Waals surface area contributed by atoms with Crippen molar-refractivity contribution in [1.82, 2.24) is 10.3 Å². The van der Waals surface area contributed by atoms with Crippen LogP contribution in [0.2, 0.25) is 0 Å². The SMILES string of the molecule is CC(C)c1nc(CCNC(=O)[C@H]2C[C@@H]2c2ccccc2)cs1. The average Bonchev–Trinajstić information content (AvgIpc) is 3.19. The van der Waals surface area contributed by atoms with Crippen LogP contribution in [0.4, 0.5) is 0 Å². The number of carbonyl (C=O) groups excluding carboxylic acids is 1. The number of hydrogen-bond acceptors (Lipinski definition) is 3. The number of carbonyl (C=O) groups is 1. The maximum atomic E-state index is 12.2. The van der Waals surface area contributed by atoms with Gasteiger partial charge in [-0.1, -0.05) is 44.2 Å². The van der Waals surface area contributed by atoms with E-state index in [1.807, 2.05) is 18.2 Å². The monoisotopic (exact) mass is 314 g/mol. The molecular formula is C18H22N2OS. The van der Waals surface area contributed by atoms with Gasteiger partial charge in [0.05, 0.1) is 10.7 Å².